The molecule has 2 atom stereocenters. The van der Waals surface area contributed by atoms with Crippen molar-refractivity contribution in [2.75, 3.05) is 5.32 Å². The molecular formula is C16H18N4OS2. The maximum absolute atomic E-state index is 11.5. The molecule has 1 aliphatic rings. The Balaban J connectivity index is 1.40. The summed E-state index contributed by atoms with van der Waals surface area (Å²) in [5, 5.41) is 11.5. The Morgan fingerprint density at radius 2 is 2.26 bits per heavy atom. The summed E-state index contributed by atoms with van der Waals surface area (Å²) in [6, 6.07) is 6.51. The lowest BCUT2D eigenvalue weighted by atomic mass is 10.2. The molecule has 1 saturated carbocycles. The Kier molecular flexibility index (Phi) is 3.90. The van der Waals surface area contributed by atoms with Crippen LogP contribution in [0, 0.1) is 6.92 Å². The number of fused-ring (bicyclic) bond motifs is 1. The van der Waals surface area contributed by atoms with E-state index < -0.39 is 0 Å². The first-order valence-corrected chi connectivity index (χ1v) is 9.43. The SMILES string of the molecule is Cc1cnc(NC2CCC(Sc3ccc4c(=O)[nH][nH]c4c3)C2)s1. The van der Waals surface area contributed by atoms with E-state index in [1.54, 1.807) is 11.3 Å². The number of aryl methyl sites for hydroxylation is 1. The summed E-state index contributed by atoms with van der Waals surface area (Å²) in [5.41, 5.74) is 0.825. The molecule has 1 aromatic carbocycles. The van der Waals surface area contributed by atoms with Gasteiger partial charge in [0.25, 0.3) is 5.56 Å². The zero-order chi connectivity index (χ0) is 15.8. The van der Waals surface area contributed by atoms with Crippen molar-refractivity contribution in [2.45, 2.75) is 42.4 Å². The van der Waals surface area contributed by atoms with Gasteiger partial charge in [-0.3, -0.25) is 15.0 Å². The summed E-state index contributed by atoms with van der Waals surface area (Å²) >= 11 is 3.62. The van der Waals surface area contributed by atoms with Crippen molar-refractivity contribution < 1.29 is 0 Å². The molecule has 1 aliphatic carbocycles. The van der Waals surface area contributed by atoms with Crippen molar-refractivity contribution in [3.63, 3.8) is 0 Å². The molecule has 0 saturated heterocycles. The van der Waals surface area contributed by atoms with Gasteiger partial charge < -0.3 is 5.32 Å². The van der Waals surface area contributed by atoms with Crippen LogP contribution < -0.4 is 10.9 Å². The smallest absolute Gasteiger partial charge is 0.271 e. The number of hydrogen-bond acceptors (Lipinski definition) is 5. The van der Waals surface area contributed by atoms with Gasteiger partial charge in [-0.25, -0.2) is 4.98 Å². The molecule has 23 heavy (non-hydrogen) atoms. The maximum atomic E-state index is 11.5. The van der Waals surface area contributed by atoms with Gasteiger partial charge in [0.2, 0.25) is 0 Å². The Morgan fingerprint density at radius 3 is 3.09 bits per heavy atom. The number of nitrogens with one attached hydrogen (secondary N) is 3. The number of nitrogens with zero attached hydrogens (tertiary/aromatic N) is 1. The molecule has 5 nitrogen and oxygen atoms in total. The first kappa shape index (κ1) is 14.8. The molecule has 120 valence electrons. The maximum Gasteiger partial charge on any atom is 0.271 e. The third-order valence-corrected chi connectivity index (χ3v) is 6.31. The van der Waals surface area contributed by atoms with Gasteiger partial charge in [0.1, 0.15) is 0 Å². The summed E-state index contributed by atoms with van der Waals surface area (Å²) in [6.45, 7) is 2.08. The fourth-order valence-corrected chi connectivity index (χ4v) is 5.10. The van der Waals surface area contributed by atoms with Gasteiger partial charge in [-0.1, -0.05) is 0 Å². The number of H-pyrrole nitrogens is 2. The average Bonchev–Trinajstić information content (AvgIpc) is 3.23. The Labute approximate surface area is 141 Å². The molecule has 7 heteroatoms. The number of thioether (sulfide) groups is 1. The third-order valence-electron chi connectivity index (χ3n) is 4.18. The van der Waals surface area contributed by atoms with Crippen molar-refractivity contribution in [1.82, 2.24) is 15.2 Å². The Hall–Kier alpha value is -1.73. The second-order valence-corrected chi connectivity index (χ2v) is 8.57. The Morgan fingerprint density at radius 1 is 1.35 bits per heavy atom. The van der Waals surface area contributed by atoms with E-state index in [0.29, 0.717) is 11.3 Å². The number of aromatic amines is 2. The van der Waals surface area contributed by atoms with Crippen molar-refractivity contribution in [3.05, 3.63) is 39.6 Å². The summed E-state index contributed by atoms with van der Waals surface area (Å²) in [4.78, 5) is 18.4. The molecule has 2 unspecified atom stereocenters. The highest BCUT2D eigenvalue weighted by Crippen LogP contribution is 2.37. The monoisotopic (exact) mass is 346 g/mol. The van der Waals surface area contributed by atoms with Crippen molar-refractivity contribution in [3.8, 4) is 0 Å². The van der Waals surface area contributed by atoms with E-state index in [1.807, 2.05) is 30.1 Å². The van der Waals surface area contributed by atoms with Crippen LogP contribution in [-0.4, -0.2) is 26.5 Å². The van der Waals surface area contributed by atoms with Crippen molar-refractivity contribution in [1.29, 1.82) is 0 Å². The molecule has 2 aromatic heterocycles. The standard InChI is InChI=1S/C16H18N4OS2/c1-9-8-17-16(22-9)18-10-2-3-11(6-10)23-12-4-5-13-14(7-12)19-20-15(13)21/h4-5,7-8,10-11H,2-3,6H2,1H3,(H,17,18)(H2,19,20,21). The van der Waals surface area contributed by atoms with Gasteiger partial charge in [0.15, 0.2) is 5.13 Å². The summed E-state index contributed by atoms with van der Waals surface area (Å²) in [5.74, 6) is 0. The molecule has 4 rings (SSSR count). The molecule has 3 N–H and O–H groups in total. The van der Waals surface area contributed by atoms with E-state index in [9.17, 15) is 4.79 Å². The highest BCUT2D eigenvalue weighted by atomic mass is 32.2. The first-order valence-electron chi connectivity index (χ1n) is 7.73. The zero-order valence-electron chi connectivity index (χ0n) is 12.8. The molecular weight excluding hydrogens is 328 g/mol. The summed E-state index contributed by atoms with van der Waals surface area (Å²) in [6.07, 6.45) is 5.44. The number of aromatic nitrogens is 3. The molecule has 0 bridgehead atoms. The van der Waals surface area contributed by atoms with Gasteiger partial charge in [-0.15, -0.1) is 23.1 Å². The second-order valence-electron chi connectivity index (χ2n) is 5.96. The highest BCUT2D eigenvalue weighted by Gasteiger charge is 2.26. The molecule has 0 aliphatic heterocycles. The minimum atomic E-state index is -0.0552. The van der Waals surface area contributed by atoms with Gasteiger partial charge in [0.05, 0.1) is 10.9 Å². The van der Waals surface area contributed by atoms with Gasteiger partial charge in [-0.05, 0) is 44.4 Å². The van der Waals surface area contributed by atoms with Gasteiger partial charge >= 0.3 is 0 Å². The van der Waals surface area contributed by atoms with Gasteiger partial charge in [0, 0.05) is 27.3 Å². The minimum absolute atomic E-state index is 0.0552. The fourth-order valence-electron chi connectivity index (χ4n) is 3.06. The fraction of sp³-hybridized carbons (Fsp3) is 0.375. The molecule has 0 amide bonds. The molecule has 2 heterocycles. The predicted molar refractivity (Wildman–Crippen MR) is 96.7 cm³/mol. The number of benzene rings is 1. The molecule has 1 fully saturated rings. The lowest BCUT2D eigenvalue weighted by Crippen LogP contribution is -2.15. The van der Waals surface area contributed by atoms with E-state index in [2.05, 4.69) is 33.5 Å². The lowest BCUT2D eigenvalue weighted by Gasteiger charge is -2.12. The second kappa shape index (κ2) is 6.05. The van der Waals surface area contributed by atoms with Crippen LogP contribution in [0.5, 0.6) is 0 Å². The quantitative estimate of drug-likeness (QED) is 0.673. The topological polar surface area (TPSA) is 73.6 Å². The van der Waals surface area contributed by atoms with E-state index in [0.717, 1.165) is 22.5 Å². The predicted octanol–water partition coefficient (Wildman–Crippen LogP) is 3.75. The zero-order valence-corrected chi connectivity index (χ0v) is 14.4. The van der Waals surface area contributed by atoms with Crippen LogP contribution in [0.1, 0.15) is 24.1 Å². The van der Waals surface area contributed by atoms with E-state index >= 15 is 0 Å². The van der Waals surface area contributed by atoms with Crippen molar-refractivity contribution in [2.24, 2.45) is 0 Å². The summed E-state index contributed by atoms with van der Waals surface area (Å²) < 4.78 is 0. The number of thiazole rings is 1. The van der Waals surface area contributed by atoms with Crippen LogP contribution in [0.4, 0.5) is 5.13 Å². The highest BCUT2D eigenvalue weighted by molar-refractivity contribution is 8.00. The third kappa shape index (κ3) is 3.16. The van der Waals surface area contributed by atoms with Crippen LogP contribution in [0.3, 0.4) is 0 Å². The molecule has 3 aromatic rings. The molecule has 0 radical (unpaired) electrons. The van der Waals surface area contributed by atoms with E-state index in [1.165, 1.54) is 22.6 Å². The number of hydrogen-bond donors (Lipinski definition) is 3. The molecule has 0 spiro atoms. The first-order chi connectivity index (χ1) is 11.2. The van der Waals surface area contributed by atoms with Crippen molar-refractivity contribution >= 4 is 39.1 Å². The van der Waals surface area contributed by atoms with Crippen LogP contribution in [0.15, 0.2) is 34.1 Å². The van der Waals surface area contributed by atoms with Crippen LogP contribution in [0.25, 0.3) is 10.9 Å². The largest absolute Gasteiger partial charge is 0.359 e. The van der Waals surface area contributed by atoms with Gasteiger partial charge in [-0.2, -0.15) is 0 Å². The van der Waals surface area contributed by atoms with Crippen LogP contribution in [0.2, 0.25) is 0 Å². The average molecular weight is 346 g/mol. The minimum Gasteiger partial charge on any atom is -0.359 e. The Bertz CT molecular complexity index is 881. The van der Waals surface area contributed by atoms with Crippen LogP contribution >= 0.6 is 23.1 Å². The number of rotatable bonds is 4. The number of anilines is 1. The van der Waals surface area contributed by atoms with E-state index in [-0.39, 0.29) is 5.56 Å². The lowest BCUT2D eigenvalue weighted by molar-refractivity contribution is 0.756. The summed E-state index contributed by atoms with van der Waals surface area (Å²) in [7, 11) is 0. The van der Waals surface area contributed by atoms with E-state index in [4.69, 9.17) is 0 Å². The van der Waals surface area contributed by atoms with Crippen LogP contribution in [-0.2, 0) is 0 Å². The normalized spacial score (nSPS) is 21.1.